The number of carbonyl (C=O) groups excluding carboxylic acids is 1. The summed E-state index contributed by atoms with van der Waals surface area (Å²) >= 11 is 0. The van der Waals surface area contributed by atoms with E-state index < -0.39 is 75.8 Å². The van der Waals surface area contributed by atoms with Gasteiger partial charge in [0.2, 0.25) is 5.91 Å². The lowest BCUT2D eigenvalue weighted by Crippen LogP contribution is -2.53. The second kappa shape index (κ2) is 13.2. The molecule has 43 heavy (non-hydrogen) atoms. The summed E-state index contributed by atoms with van der Waals surface area (Å²) in [6.07, 6.45) is -5.23. The van der Waals surface area contributed by atoms with Gasteiger partial charge in [-0.05, 0) is 54.8 Å². The number of sulfone groups is 1. The highest BCUT2D eigenvalue weighted by atomic mass is 32.2. The zero-order valence-electron chi connectivity index (χ0n) is 23.3. The number of nitrogens with zero attached hydrogens (tertiary/aromatic N) is 1. The van der Waals surface area contributed by atoms with Gasteiger partial charge in [0.15, 0.2) is 9.84 Å². The van der Waals surface area contributed by atoms with Crippen molar-refractivity contribution in [1.29, 1.82) is 5.26 Å². The number of amides is 1. The van der Waals surface area contributed by atoms with Crippen molar-refractivity contribution in [3.05, 3.63) is 89.5 Å². The third-order valence-corrected chi connectivity index (χ3v) is 7.63. The third kappa shape index (κ3) is 9.30. The van der Waals surface area contributed by atoms with E-state index in [2.05, 4.69) is 10.6 Å². The summed E-state index contributed by atoms with van der Waals surface area (Å²) < 4.78 is 109. The molecule has 0 saturated carbocycles. The average Bonchev–Trinajstić information content (AvgIpc) is 2.90. The van der Waals surface area contributed by atoms with Crippen LogP contribution in [0.25, 0.3) is 11.1 Å². The SMILES string of the molecule is CC(C)(F)C[C@H](N[C@@H](c1ccc(-c2ccc(S(C)(=O)=O)cc2)cc1)C(F)(F)F)C(=O)N[C@H](C#N)Cc1c(F)cccc1F. The van der Waals surface area contributed by atoms with Crippen molar-refractivity contribution in [3.63, 3.8) is 0 Å². The predicted molar refractivity (Wildman–Crippen MR) is 148 cm³/mol. The zero-order chi connectivity index (χ0) is 32.2. The summed E-state index contributed by atoms with van der Waals surface area (Å²) in [7, 11) is -3.44. The average molecular weight is 626 g/mol. The molecule has 0 radical (unpaired) electrons. The molecular formula is C30H29F6N3O3S. The van der Waals surface area contributed by atoms with Crippen molar-refractivity contribution in [1.82, 2.24) is 10.6 Å². The molecule has 3 aromatic rings. The van der Waals surface area contributed by atoms with Crippen LogP contribution >= 0.6 is 0 Å². The molecule has 0 aliphatic carbocycles. The molecule has 2 N–H and O–H groups in total. The normalized spacial score (nSPS) is 14.4. The van der Waals surface area contributed by atoms with Crippen LogP contribution in [0.15, 0.2) is 71.6 Å². The van der Waals surface area contributed by atoms with Crippen molar-refractivity contribution in [2.24, 2.45) is 0 Å². The predicted octanol–water partition coefficient (Wildman–Crippen LogP) is 5.99. The van der Waals surface area contributed by atoms with Gasteiger partial charge in [-0.2, -0.15) is 18.4 Å². The van der Waals surface area contributed by atoms with E-state index >= 15 is 0 Å². The molecule has 230 valence electrons. The summed E-state index contributed by atoms with van der Waals surface area (Å²) in [6.45, 7) is 2.13. The lowest BCUT2D eigenvalue weighted by Gasteiger charge is -2.30. The smallest absolute Gasteiger partial charge is 0.339 e. The van der Waals surface area contributed by atoms with E-state index in [-0.39, 0.29) is 10.5 Å². The number of nitriles is 1. The Kier molecular flexibility index (Phi) is 10.3. The highest BCUT2D eigenvalue weighted by Crippen LogP contribution is 2.35. The highest BCUT2D eigenvalue weighted by Gasteiger charge is 2.44. The Bertz CT molecular complexity index is 1560. The van der Waals surface area contributed by atoms with Gasteiger partial charge < -0.3 is 5.32 Å². The molecule has 0 bridgehead atoms. The fourth-order valence-corrected chi connectivity index (χ4v) is 5.02. The molecule has 13 heteroatoms. The van der Waals surface area contributed by atoms with E-state index in [1.54, 1.807) is 6.07 Å². The number of hydrogen-bond acceptors (Lipinski definition) is 5. The maximum Gasteiger partial charge on any atom is 0.407 e. The van der Waals surface area contributed by atoms with Gasteiger partial charge in [0.25, 0.3) is 0 Å². The molecule has 0 unspecified atom stereocenters. The Morgan fingerprint density at radius 1 is 0.907 bits per heavy atom. The third-order valence-electron chi connectivity index (χ3n) is 6.50. The Morgan fingerprint density at radius 2 is 1.42 bits per heavy atom. The largest absolute Gasteiger partial charge is 0.407 e. The van der Waals surface area contributed by atoms with E-state index in [0.29, 0.717) is 11.1 Å². The Balaban J connectivity index is 1.87. The highest BCUT2D eigenvalue weighted by molar-refractivity contribution is 7.90. The zero-order valence-corrected chi connectivity index (χ0v) is 24.2. The Labute approximate surface area is 245 Å². The van der Waals surface area contributed by atoms with Gasteiger partial charge in [-0.25, -0.2) is 21.6 Å². The number of hydrogen-bond donors (Lipinski definition) is 2. The first-order valence-electron chi connectivity index (χ1n) is 12.9. The minimum atomic E-state index is -4.94. The fourth-order valence-electron chi connectivity index (χ4n) is 4.39. The molecule has 0 saturated heterocycles. The number of carbonyl (C=O) groups is 1. The standard InChI is InChI=1S/C30H29F6N3O3S/c1-29(2,33)16-26(28(40)38-21(17-37)15-23-24(31)5-4-6-25(23)32)39-27(30(34,35)36)20-9-7-18(8-10-20)19-11-13-22(14-12-19)43(3,41)42/h4-14,21,26-27,39H,15-16H2,1-3H3,(H,38,40)/t21-,26-,27-/m0/s1. The minimum absolute atomic E-state index is 0.0759. The van der Waals surface area contributed by atoms with Crippen LogP contribution in [-0.2, 0) is 21.1 Å². The van der Waals surface area contributed by atoms with Crippen LogP contribution in [-0.4, -0.2) is 44.5 Å². The van der Waals surface area contributed by atoms with Crippen LogP contribution < -0.4 is 10.6 Å². The molecule has 0 fully saturated rings. The van der Waals surface area contributed by atoms with Crippen LogP contribution in [0.5, 0.6) is 0 Å². The first kappa shape index (κ1) is 33.6. The van der Waals surface area contributed by atoms with E-state index in [1.165, 1.54) is 48.5 Å². The van der Waals surface area contributed by atoms with Gasteiger partial charge in [0.1, 0.15) is 29.4 Å². The van der Waals surface area contributed by atoms with Crippen molar-refractivity contribution < 1.29 is 39.6 Å². The lowest BCUT2D eigenvalue weighted by molar-refractivity contribution is -0.161. The van der Waals surface area contributed by atoms with E-state index in [9.17, 15) is 44.8 Å². The number of nitrogens with one attached hydrogen (secondary N) is 2. The van der Waals surface area contributed by atoms with E-state index in [0.717, 1.165) is 38.3 Å². The van der Waals surface area contributed by atoms with Crippen LogP contribution in [0, 0.1) is 23.0 Å². The topological polar surface area (TPSA) is 99.1 Å². The van der Waals surface area contributed by atoms with Crippen molar-refractivity contribution in [2.75, 3.05) is 6.26 Å². The first-order chi connectivity index (χ1) is 19.9. The van der Waals surface area contributed by atoms with Gasteiger partial charge in [0, 0.05) is 24.7 Å². The van der Waals surface area contributed by atoms with Gasteiger partial charge in [-0.15, -0.1) is 0 Å². The lowest BCUT2D eigenvalue weighted by atomic mass is 9.96. The van der Waals surface area contributed by atoms with Gasteiger partial charge in [-0.1, -0.05) is 42.5 Å². The summed E-state index contributed by atoms with van der Waals surface area (Å²) in [5.74, 6) is -3.10. The number of benzene rings is 3. The molecule has 0 aliphatic heterocycles. The van der Waals surface area contributed by atoms with Crippen molar-refractivity contribution >= 4 is 15.7 Å². The quantitative estimate of drug-likeness (QED) is 0.255. The molecule has 3 atom stereocenters. The summed E-state index contributed by atoms with van der Waals surface area (Å²) in [4.78, 5) is 13.2. The van der Waals surface area contributed by atoms with Gasteiger partial charge >= 0.3 is 6.18 Å². The maximum absolute atomic E-state index is 14.7. The van der Waals surface area contributed by atoms with Crippen molar-refractivity contribution in [2.45, 2.75) is 61.6 Å². The molecule has 1 amide bonds. The molecule has 0 aromatic heterocycles. The monoisotopic (exact) mass is 625 g/mol. The van der Waals surface area contributed by atoms with Crippen LogP contribution in [0.4, 0.5) is 26.3 Å². The molecule has 6 nitrogen and oxygen atoms in total. The summed E-state index contributed by atoms with van der Waals surface area (Å²) in [6, 6.07) is 9.77. The van der Waals surface area contributed by atoms with Crippen LogP contribution in [0.1, 0.15) is 37.4 Å². The second-order valence-corrected chi connectivity index (χ2v) is 12.6. The Morgan fingerprint density at radius 3 is 1.86 bits per heavy atom. The fraction of sp³-hybridized carbons (Fsp3) is 0.333. The van der Waals surface area contributed by atoms with Crippen LogP contribution in [0.3, 0.4) is 0 Å². The van der Waals surface area contributed by atoms with Gasteiger partial charge in [0.05, 0.1) is 17.0 Å². The molecular weight excluding hydrogens is 596 g/mol. The molecule has 3 rings (SSSR count). The summed E-state index contributed by atoms with van der Waals surface area (Å²) in [5.41, 5.74) is -1.89. The first-order valence-corrected chi connectivity index (χ1v) is 14.8. The van der Waals surface area contributed by atoms with Crippen LogP contribution in [0.2, 0.25) is 0 Å². The molecule has 3 aromatic carbocycles. The van der Waals surface area contributed by atoms with Crippen molar-refractivity contribution in [3.8, 4) is 17.2 Å². The molecule has 0 spiro atoms. The Hall–Kier alpha value is -3.89. The van der Waals surface area contributed by atoms with E-state index in [1.807, 2.05) is 0 Å². The summed E-state index contributed by atoms with van der Waals surface area (Å²) in [5, 5.41) is 13.8. The molecule has 0 aliphatic rings. The van der Waals surface area contributed by atoms with E-state index in [4.69, 9.17) is 0 Å². The number of alkyl halides is 4. The number of halogens is 6. The second-order valence-electron chi connectivity index (χ2n) is 10.6. The molecule has 0 heterocycles. The van der Waals surface area contributed by atoms with Gasteiger partial charge in [-0.3, -0.25) is 10.1 Å². The number of rotatable bonds is 11. The minimum Gasteiger partial charge on any atom is -0.339 e. The maximum atomic E-state index is 14.7.